The molecule has 1 atom stereocenters. The zero-order valence-corrected chi connectivity index (χ0v) is 11.7. The van der Waals surface area contributed by atoms with E-state index >= 15 is 0 Å². The van der Waals surface area contributed by atoms with E-state index in [0.29, 0.717) is 25.5 Å². The van der Waals surface area contributed by atoms with Crippen LogP contribution >= 0.6 is 11.6 Å². The van der Waals surface area contributed by atoms with Gasteiger partial charge in [-0.15, -0.1) is 0 Å². The van der Waals surface area contributed by atoms with Gasteiger partial charge in [0.2, 0.25) is 11.2 Å². The van der Waals surface area contributed by atoms with Crippen LogP contribution in [-0.4, -0.2) is 38.8 Å². The maximum atomic E-state index is 9.87. The van der Waals surface area contributed by atoms with Gasteiger partial charge in [0.15, 0.2) is 0 Å². The van der Waals surface area contributed by atoms with Crippen LogP contribution in [-0.2, 0) is 0 Å². The van der Waals surface area contributed by atoms with Crippen LogP contribution < -0.4 is 10.1 Å². The van der Waals surface area contributed by atoms with Crippen molar-refractivity contribution < 1.29 is 9.84 Å². The van der Waals surface area contributed by atoms with Crippen molar-refractivity contribution >= 4 is 17.5 Å². The Morgan fingerprint density at radius 1 is 1.33 bits per heavy atom. The van der Waals surface area contributed by atoms with E-state index in [4.69, 9.17) is 16.3 Å². The first-order valence-electron chi connectivity index (χ1n) is 5.97. The Balaban J connectivity index is 2.68. The van der Waals surface area contributed by atoms with E-state index in [1.165, 1.54) is 0 Å². The third kappa shape index (κ3) is 5.01. The normalized spacial score (nSPS) is 14.1. The van der Waals surface area contributed by atoms with Gasteiger partial charge in [-0.2, -0.15) is 15.0 Å². The summed E-state index contributed by atoms with van der Waals surface area (Å²) in [6.07, 6.45) is 1.48. The lowest BCUT2D eigenvalue weighted by atomic mass is 10.0. The van der Waals surface area contributed by atoms with Crippen LogP contribution in [0, 0.1) is 0 Å². The molecule has 0 aliphatic carbocycles. The zero-order valence-electron chi connectivity index (χ0n) is 10.9. The molecule has 0 aliphatic rings. The summed E-state index contributed by atoms with van der Waals surface area (Å²) in [5.41, 5.74) is -0.816. The van der Waals surface area contributed by atoms with Crippen LogP contribution in [0.5, 0.6) is 6.01 Å². The first-order chi connectivity index (χ1) is 8.46. The van der Waals surface area contributed by atoms with E-state index in [1.54, 1.807) is 6.92 Å². The monoisotopic (exact) mass is 274 g/mol. The largest absolute Gasteiger partial charge is 0.463 e. The minimum absolute atomic E-state index is 0.0646. The molecule has 18 heavy (non-hydrogen) atoms. The van der Waals surface area contributed by atoms with Crippen molar-refractivity contribution in [1.82, 2.24) is 15.0 Å². The SMILES string of the molecule is CCCOc1nc(Cl)nc(NCC(C)(O)CC)n1. The second-order valence-electron chi connectivity index (χ2n) is 4.26. The van der Waals surface area contributed by atoms with Crippen molar-refractivity contribution in [2.24, 2.45) is 0 Å². The highest BCUT2D eigenvalue weighted by Crippen LogP contribution is 2.14. The van der Waals surface area contributed by atoms with Crippen LogP contribution in [0.1, 0.15) is 33.6 Å². The van der Waals surface area contributed by atoms with Crippen molar-refractivity contribution in [3.05, 3.63) is 5.28 Å². The lowest BCUT2D eigenvalue weighted by molar-refractivity contribution is 0.0695. The van der Waals surface area contributed by atoms with Gasteiger partial charge in [-0.25, -0.2) is 0 Å². The fourth-order valence-electron chi connectivity index (χ4n) is 1.06. The molecule has 0 aliphatic heterocycles. The molecule has 1 aromatic heterocycles. The molecule has 2 N–H and O–H groups in total. The summed E-state index contributed by atoms with van der Waals surface area (Å²) in [6, 6.07) is 0.190. The number of aliphatic hydroxyl groups is 1. The molecule has 0 amide bonds. The molecule has 0 saturated heterocycles. The number of rotatable bonds is 7. The molecule has 0 spiro atoms. The third-order valence-electron chi connectivity index (χ3n) is 2.41. The number of nitrogens with zero attached hydrogens (tertiary/aromatic N) is 3. The van der Waals surface area contributed by atoms with Gasteiger partial charge in [-0.1, -0.05) is 13.8 Å². The Kier molecular flexibility index (Phi) is 5.55. The Hall–Kier alpha value is -1.14. The number of anilines is 1. The molecule has 0 saturated carbocycles. The smallest absolute Gasteiger partial charge is 0.322 e. The van der Waals surface area contributed by atoms with Gasteiger partial charge >= 0.3 is 6.01 Å². The van der Waals surface area contributed by atoms with Crippen molar-refractivity contribution in [3.8, 4) is 6.01 Å². The van der Waals surface area contributed by atoms with Crippen molar-refractivity contribution in [2.75, 3.05) is 18.5 Å². The molecule has 102 valence electrons. The van der Waals surface area contributed by atoms with Gasteiger partial charge in [0.05, 0.1) is 12.2 Å². The molecular weight excluding hydrogens is 256 g/mol. The maximum absolute atomic E-state index is 9.87. The molecular formula is C11H19ClN4O2. The fourth-order valence-corrected chi connectivity index (χ4v) is 1.22. The quantitative estimate of drug-likeness (QED) is 0.790. The predicted octanol–water partition coefficient (Wildman–Crippen LogP) is 1.89. The summed E-state index contributed by atoms with van der Waals surface area (Å²) in [7, 11) is 0. The third-order valence-corrected chi connectivity index (χ3v) is 2.58. The molecule has 0 aromatic carbocycles. The van der Waals surface area contributed by atoms with Crippen LogP contribution in [0.25, 0.3) is 0 Å². The Bertz CT molecular complexity index is 387. The topological polar surface area (TPSA) is 80.2 Å². The molecule has 0 radical (unpaired) electrons. The zero-order chi connectivity index (χ0) is 13.6. The molecule has 1 unspecified atom stereocenters. The highest BCUT2D eigenvalue weighted by molar-refractivity contribution is 6.28. The molecule has 0 bridgehead atoms. The number of halogens is 1. The van der Waals surface area contributed by atoms with E-state index in [-0.39, 0.29) is 11.3 Å². The van der Waals surface area contributed by atoms with E-state index in [0.717, 1.165) is 6.42 Å². The Morgan fingerprint density at radius 2 is 2.06 bits per heavy atom. The van der Waals surface area contributed by atoms with Gasteiger partial charge in [0, 0.05) is 6.54 Å². The summed E-state index contributed by atoms with van der Waals surface area (Å²) >= 11 is 5.77. The number of hydrogen-bond acceptors (Lipinski definition) is 6. The van der Waals surface area contributed by atoms with Gasteiger partial charge < -0.3 is 15.2 Å². The summed E-state index contributed by atoms with van der Waals surface area (Å²) in [5.74, 6) is 0.301. The highest BCUT2D eigenvalue weighted by Gasteiger charge is 2.18. The summed E-state index contributed by atoms with van der Waals surface area (Å²) in [6.45, 7) is 6.47. The van der Waals surface area contributed by atoms with Gasteiger partial charge in [0.1, 0.15) is 0 Å². The van der Waals surface area contributed by atoms with Crippen molar-refractivity contribution in [1.29, 1.82) is 0 Å². The average Bonchev–Trinajstić information content (AvgIpc) is 2.33. The van der Waals surface area contributed by atoms with E-state index in [9.17, 15) is 5.11 Å². The van der Waals surface area contributed by atoms with Crippen LogP contribution in [0.3, 0.4) is 0 Å². The number of hydrogen-bond donors (Lipinski definition) is 2. The standard InChI is InChI=1S/C11H19ClN4O2/c1-4-6-18-10-15-8(12)14-9(16-10)13-7-11(3,17)5-2/h17H,4-7H2,1-3H3,(H,13,14,15,16). The Labute approximate surface area is 112 Å². The lowest BCUT2D eigenvalue weighted by Gasteiger charge is -2.21. The first kappa shape index (κ1) is 14.9. The van der Waals surface area contributed by atoms with Gasteiger partial charge in [-0.05, 0) is 31.4 Å². The summed E-state index contributed by atoms with van der Waals surface area (Å²) in [5, 5.41) is 12.8. The summed E-state index contributed by atoms with van der Waals surface area (Å²) in [4.78, 5) is 11.8. The minimum Gasteiger partial charge on any atom is -0.463 e. The average molecular weight is 275 g/mol. The number of nitrogens with one attached hydrogen (secondary N) is 1. The van der Waals surface area contributed by atoms with Crippen LogP contribution in [0.2, 0.25) is 5.28 Å². The minimum atomic E-state index is -0.816. The molecule has 0 fully saturated rings. The van der Waals surface area contributed by atoms with Crippen LogP contribution in [0.4, 0.5) is 5.95 Å². The number of ether oxygens (including phenoxy) is 1. The van der Waals surface area contributed by atoms with E-state index in [1.807, 2.05) is 13.8 Å². The van der Waals surface area contributed by atoms with Crippen molar-refractivity contribution in [3.63, 3.8) is 0 Å². The highest BCUT2D eigenvalue weighted by atomic mass is 35.5. The molecule has 7 heteroatoms. The Morgan fingerprint density at radius 3 is 2.67 bits per heavy atom. The maximum Gasteiger partial charge on any atom is 0.322 e. The second kappa shape index (κ2) is 6.70. The first-order valence-corrected chi connectivity index (χ1v) is 6.35. The van der Waals surface area contributed by atoms with Crippen molar-refractivity contribution in [2.45, 2.75) is 39.2 Å². The fraction of sp³-hybridized carbons (Fsp3) is 0.727. The van der Waals surface area contributed by atoms with Gasteiger partial charge in [0.25, 0.3) is 0 Å². The lowest BCUT2D eigenvalue weighted by Crippen LogP contribution is -2.33. The number of aromatic nitrogens is 3. The summed E-state index contributed by atoms with van der Waals surface area (Å²) < 4.78 is 5.29. The molecule has 1 rings (SSSR count). The molecule has 1 heterocycles. The molecule has 6 nitrogen and oxygen atoms in total. The second-order valence-corrected chi connectivity index (χ2v) is 4.60. The van der Waals surface area contributed by atoms with Crippen LogP contribution in [0.15, 0.2) is 0 Å². The van der Waals surface area contributed by atoms with Gasteiger partial charge in [-0.3, -0.25) is 0 Å². The van der Waals surface area contributed by atoms with E-state index < -0.39 is 5.60 Å². The molecule has 1 aromatic rings. The predicted molar refractivity (Wildman–Crippen MR) is 70.0 cm³/mol. The van der Waals surface area contributed by atoms with E-state index in [2.05, 4.69) is 20.3 Å².